The van der Waals surface area contributed by atoms with Crippen molar-refractivity contribution in [2.45, 2.75) is 45.8 Å². The quantitative estimate of drug-likeness (QED) is 0.321. The van der Waals surface area contributed by atoms with Crippen LogP contribution < -0.4 is 5.73 Å². The molecule has 142 valence electrons. The molecule has 0 saturated carbocycles. The van der Waals surface area contributed by atoms with E-state index in [-0.39, 0.29) is 0 Å². The van der Waals surface area contributed by atoms with Crippen LogP contribution in [-0.4, -0.2) is 28.5 Å². The van der Waals surface area contributed by atoms with E-state index in [2.05, 4.69) is 25.0 Å². The summed E-state index contributed by atoms with van der Waals surface area (Å²) in [5.74, 6) is 5.70. The molecule has 6 heteroatoms. The maximum absolute atomic E-state index is 12.8. The molecule has 2 atom stereocenters. The molecule has 4 nitrogen and oxygen atoms in total. The molecule has 2 amide bonds. The monoisotopic (exact) mass is 378 g/mol. The number of halogens is 1. The van der Waals surface area contributed by atoms with Gasteiger partial charge < -0.3 is 5.73 Å². The van der Waals surface area contributed by atoms with Crippen LogP contribution in [0.25, 0.3) is 0 Å². The van der Waals surface area contributed by atoms with Crippen LogP contribution in [0.3, 0.4) is 0 Å². The summed E-state index contributed by atoms with van der Waals surface area (Å²) in [7, 11) is 0. The molecule has 0 aliphatic carbocycles. The molecule has 0 spiro atoms. The van der Waals surface area contributed by atoms with Crippen molar-refractivity contribution in [3.8, 4) is 11.8 Å². The summed E-state index contributed by atoms with van der Waals surface area (Å²) in [6.07, 6.45) is 6.01. The van der Waals surface area contributed by atoms with Crippen LogP contribution in [0.2, 0.25) is 0 Å². The van der Waals surface area contributed by atoms with Gasteiger partial charge in [0.05, 0.1) is 4.88 Å². The summed E-state index contributed by atoms with van der Waals surface area (Å²) in [6.45, 7) is 11.1. The van der Waals surface area contributed by atoms with Gasteiger partial charge in [0, 0.05) is 11.3 Å². The average Bonchev–Trinajstić information content (AvgIpc) is 3.06. The third-order valence-corrected chi connectivity index (χ3v) is 4.25. The number of alkyl halides is 1. The van der Waals surface area contributed by atoms with Crippen LogP contribution in [-0.2, 0) is 6.42 Å². The van der Waals surface area contributed by atoms with E-state index in [1.807, 2.05) is 31.2 Å². The van der Waals surface area contributed by atoms with Crippen molar-refractivity contribution in [1.82, 2.24) is 5.06 Å². The van der Waals surface area contributed by atoms with E-state index >= 15 is 0 Å². The third-order valence-electron chi connectivity index (χ3n) is 3.25. The zero-order chi connectivity index (χ0) is 20.1. The standard InChI is InChI=1S/C18H23FN2O2S.C2H4/c1-4-15(7-5-6-13(2)19)12-17-11-10-16(24-17)9-8-14(3)21(23)18(20)22;1-2/h4-6,10-11,13-14,23H,7,12H2,1-3H3,(H2,20,22);1-2H2/b6-5-,15-4+;/t13?,14-;/m1./s1. The highest BCUT2D eigenvalue weighted by atomic mass is 32.1. The summed E-state index contributed by atoms with van der Waals surface area (Å²) in [6, 6.07) is 2.29. The Morgan fingerprint density at radius 3 is 2.65 bits per heavy atom. The lowest BCUT2D eigenvalue weighted by Crippen LogP contribution is -2.38. The van der Waals surface area contributed by atoms with Crippen LogP contribution in [0.15, 0.2) is 49.1 Å². The van der Waals surface area contributed by atoms with Crippen molar-refractivity contribution < 1.29 is 14.4 Å². The van der Waals surface area contributed by atoms with Crippen molar-refractivity contribution in [1.29, 1.82) is 0 Å². The molecule has 0 radical (unpaired) electrons. The van der Waals surface area contributed by atoms with Crippen molar-refractivity contribution in [3.05, 3.63) is 58.8 Å². The van der Waals surface area contributed by atoms with E-state index in [9.17, 15) is 14.4 Å². The van der Waals surface area contributed by atoms with Gasteiger partial charge in [-0.15, -0.1) is 24.5 Å². The Labute approximate surface area is 159 Å². The van der Waals surface area contributed by atoms with Gasteiger partial charge in [0.2, 0.25) is 0 Å². The maximum Gasteiger partial charge on any atom is 0.339 e. The molecule has 0 fully saturated rings. The van der Waals surface area contributed by atoms with Crippen LogP contribution in [0.1, 0.15) is 36.9 Å². The lowest BCUT2D eigenvalue weighted by Gasteiger charge is -2.14. The number of hydrogen-bond donors (Lipinski definition) is 2. The first-order chi connectivity index (χ1) is 12.3. The Balaban J connectivity index is 0.00000301. The number of primary amides is 1. The molecule has 26 heavy (non-hydrogen) atoms. The molecule has 0 aromatic carbocycles. The topological polar surface area (TPSA) is 66.6 Å². The number of amides is 2. The second kappa shape index (κ2) is 12.9. The molecule has 0 aliphatic heterocycles. The molecular weight excluding hydrogens is 351 g/mol. The molecular formula is C20H27FN2O2S. The SMILES string of the molecule is C/C=C(\C/C=C\C(C)F)Cc1ccc(C#C[C@@H](C)N(O)C(N)=O)s1.C=C. The minimum Gasteiger partial charge on any atom is -0.350 e. The number of thiophene rings is 1. The minimum absolute atomic E-state index is 0.400. The maximum atomic E-state index is 12.8. The first-order valence-corrected chi connectivity index (χ1v) is 8.97. The summed E-state index contributed by atoms with van der Waals surface area (Å²) in [4.78, 5) is 12.8. The zero-order valence-electron chi connectivity index (χ0n) is 15.5. The number of rotatable bonds is 6. The Morgan fingerprint density at radius 2 is 2.12 bits per heavy atom. The third kappa shape index (κ3) is 9.21. The summed E-state index contributed by atoms with van der Waals surface area (Å²) in [5, 5.41) is 9.77. The lowest BCUT2D eigenvalue weighted by molar-refractivity contribution is -0.0536. The number of nitrogens with zero attached hydrogens (tertiary/aromatic N) is 1. The first kappa shape index (κ1) is 23.6. The number of nitrogens with two attached hydrogens (primary N) is 1. The van der Waals surface area contributed by atoms with Crippen LogP contribution in [0, 0.1) is 11.8 Å². The largest absolute Gasteiger partial charge is 0.350 e. The number of hydrogen-bond acceptors (Lipinski definition) is 3. The predicted octanol–water partition coefficient (Wildman–Crippen LogP) is 4.85. The van der Waals surface area contributed by atoms with E-state index in [1.54, 1.807) is 24.3 Å². The number of carbonyl (C=O) groups excluding carboxylic acids is 1. The Hall–Kier alpha value is -2.36. The molecule has 1 rings (SSSR count). The van der Waals surface area contributed by atoms with Gasteiger partial charge in [-0.25, -0.2) is 9.18 Å². The second-order valence-electron chi connectivity index (χ2n) is 5.33. The van der Waals surface area contributed by atoms with Crippen molar-refractivity contribution >= 4 is 17.4 Å². The number of allylic oxidation sites excluding steroid dienone is 4. The smallest absolute Gasteiger partial charge is 0.339 e. The number of hydroxylamine groups is 2. The second-order valence-corrected chi connectivity index (χ2v) is 6.50. The summed E-state index contributed by atoms with van der Waals surface area (Å²) < 4.78 is 12.8. The highest BCUT2D eigenvalue weighted by Gasteiger charge is 2.11. The normalized spacial score (nSPS) is 13.2. The molecule has 0 bridgehead atoms. The first-order valence-electron chi connectivity index (χ1n) is 8.16. The summed E-state index contributed by atoms with van der Waals surface area (Å²) in [5.41, 5.74) is 6.18. The molecule has 3 N–H and O–H groups in total. The van der Waals surface area contributed by atoms with Crippen LogP contribution in [0.4, 0.5) is 9.18 Å². The molecule has 1 aromatic rings. The van der Waals surface area contributed by atoms with Gasteiger partial charge in [0.25, 0.3) is 0 Å². The van der Waals surface area contributed by atoms with Gasteiger partial charge >= 0.3 is 6.03 Å². The molecule has 1 unspecified atom stereocenters. The zero-order valence-corrected chi connectivity index (χ0v) is 16.4. The molecule has 0 aliphatic rings. The van der Waals surface area contributed by atoms with E-state index < -0.39 is 18.2 Å². The van der Waals surface area contributed by atoms with E-state index in [1.165, 1.54) is 12.5 Å². The average molecular weight is 379 g/mol. The molecule has 1 aromatic heterocycles. The van der Waals surface area contributed by atoms with Gasteiger partial charge in [-0.2, -0.15) is 5.06 Å². The van der Waals surface area contributed by atoms with Crippen molar-refractivity contribution in [2.24, 2.45) is 5.73 Å². The minimum atomic E-state index is -0.933. The summed E-state index contributed by atoms with van der Waals surface area (Å²) >= 11 is 1.55. The fraction of sp³-hybridized carbons (Fsp3) is 0.350. The predicted molar refractivity (Wildman–Crippen MR) is 107 cm³/mol. The highest BCUT2D eigenvalue weighted by Crippen LogP contribution is 2.21. The van der Waals surface area contributed by atoms with Crippen LogP contribution >= 0.6 is 11.3 Å². The highest BCUT2D eigenvalue weighted by molar-refractivity contribution is 7.12. The fourth-order valence-corrected chi connectivity index (χ4v) is 2.81. The Bertz CT molecular complexity index is 683. The lowest BCUT2D eigenvalue weighted by atomic mass is 10.1. The van der Waals surface area contributed by atoms with Crippen molar-refractivity contribution in [3.63, 3.8) is 0 Å². The van der Waals surface area contributed by atoms with Gasteiger partial charge in [0.1, 0.15) is 12.2 Å². The molecule has 1 heterocycles. The Kier molecular flexibility index (Phi) is 11.8. The fourth-order valence-electron chi connectivity index (χ4n) is 1.89. The van der Waals surface area contributed by atoms with Gasteiger partial charge in [-0.1, -0.05) is 35.6 Å². The number of urea groups is 1. The van der Waals surface area contributed by atoms with Crippen LogP contribution in [0.5, 0.6) is 0 Å². The van der Waals surface area contributed by atoms with Gasteiger partial charge in [-0.3, -0.25) is 5.21 Å². The Morgan fingerprint density at radius 1 is 1.46 bits per heavy atom. The van der Waals surface area contributed by atoms with E-state index in [4.69, 9.17) is 5.73 Å². The van der Waals surface area contributed by atoms with E-state index in [0.717, 1.165) is 22.6 Å². The van der Waals surface area contributed by atoms with Crippen molar-refractivity contribution in [2.75, 3.05) is 0 Å². The van der Waals surface area contributed by atoms with Gasteiger partial charge in [0.15, 0.2) is 0 Å². The molecule has 0 saturated heterocycles. The number of carbonyl (C=O) groups is 1. The van der Waals surface area contributed by atoms with E-state index in [0.29, 0.717) is 5.06 Å². The van der Waals surface area contributed by atoms with Gasteiger partial charge in [-0.05, 0) is 39.3 Å².